The lowest BCUT2D eigenvalue weighted by atomic mass is 9.84. The van der Waals surface area contributed by atoms with Crippen LogP contribution in [0.2, 0.25) is 0 Å². The van der Waals surface area contributed by atoms with E-state index in [0.29, 0.717) is 0 Å². The average molecular weight is 941 g/mol. The van der Waals surface area contributed by atoms with E-state index in [4.69, 9.17) is 0 Å². The summed E-state index contributed by atoms with van der Waals surface area (Å²) in [6, 6.07) is 106. The normalized spacial score (nSPS) is 11.5. The van der Waals surface area contributed by atoms with Crippen LogP contribution >= 0.6 is 0 Å². The number of anilines is 3. The van der Waals surface area contributed by atoms with Gasteiger partial charge in [-0.3, -0.25) is 0 Å². The quantitative estimate of drug-likeness (QED) is 0.131. The molecule has 0 saturated carbocycles. The second kappa shape index (κ2) is 18.1. The molecule has 0 fully saturated rings. The van der Waals surface area contributed by atoms with Crippen LogP contribution < -0.4 is 4.90 Å². The maximum Gasteiger partial charge on any atom is 0.0619 e. The number of fused-ring (bicyclic) bond motifs is 7. The van der Waals surface area contributed by atoms with Crippen LogP contribution in [0.3, 0.4) is 0 Å². The zero-order chi connectivity index (χ0) is 49.0. The fourth-order valence-corrected chi connectivity index (χ4v) is 11.5. The molecule has 0 saturated heterocycles. The van der Waals surface area contributed by atoms with Crippen molar-refractivity contribution in [3.8, 4) is 61.3 Å². The van der Waals surface area contributed by atoms with Gasteiger partial charge in [-0.25, -0.2) is 0 Å². The molecule has 0 aliphatic rings. The van der Waals surface area contributed by atoms with Crippen LogP contribution in [0.5, 0.6) is 0 Å². The van der Waals surface area contributed by atoms with E-state index >= 15 is 0 Å². The topological polar surface area (TPSA) is 8.17 Å². The van der Waals surface area contributed by atoms with Crippen molar-refractivity contribution in [1.82, 2.24) is 4.57 Å². The van der Waals surface area contributed by atoms with Crippen LogP contribution in [-0.4, -0.2) is 4.57 Å². The minimum absolute atomic E-state index is 1.08. The van der Waals surface area contributed by atoms with Crippen molar-refractivity contribution in [3.63, 3.8) is 0 Å². The van der Waals surface area contributed by atoms with Crippen LogP contribution in [0.15, 0.2) is 291 Å². The first-order chi connectivity index (χ1) is 36.7. The number of rotatable bonds is 9. The summed E-state index contributed by atoms with van der Waals surface area (Å²) in [7, 11) is 0. The molecule has 1 heterocycles. The maximum absolute atomic E-state index is 2.42. The second-order valence-corrected chi connectivity index (χ2v) is 19.2. The van der Waals surface area contributed by atoms with Crippen LogP contribution in [0.25, 0.3) is 115 Å². The first-order valence-corrected chi connectivity index (χ1v) is 25.5. The van der Waals surface area contributed by atoms with Crippen molar-refractivity contribution in [2.75, 3.05) is 4.90 Å². The van der Waals surface area contributed by atoms with Crippen molar-refractivity contribution in [1.29, 1.82) is 0 Å². The van der Waals surface area contributed by atoms with Gasteiger partial charge >= 0.3 is 0 Å². The van der Waals surface area contributed by atoms with Gasteiger partial charge in [-0.15, -0.1) is 0 Å². The third-order valence-electron chi connectivity index (χ3n) is 14.9. The predicted octanol–water partition coefficient (Wildman–Crippen LogP) is 20.0. The molecule has 0 radical (unpaired) electrons. The van der Waals surface area contributed by atoms with Crippen molar-refractivity contribution in [2.24, 2.45) is 0 Å². The molecule has 2 nitrogen and oxygen atoms in total. The molecule has 0 aliphatic carbocycles. The molecule has 14 rings (SSSR count). The average Bonchev–Trinajstić information content (AvgIpc) is 3.85. The van der Waals surface area contributed by atoms with E-state index in [1.165, 1.54) is 98.6 Å². The van der Waals surface area contributed by atoms with Gasteiger partial charge in [-0.1, -0.05) is 224 Å². The lowest BCUT2D eigenvalue weighted by Crippen LogP contribution is -2.10. The predicted molar refractivity (Wildman–Crippen MR) is 315 cm³/mol. The molecule has 346 valence electrons. The van der Waals surface area contributed by atoms with Gasteiger partial charge in [0.05, 0.1) is 11.0 Å². The highest BCUT2D eigenvalue weighted by atomic mass is 15.1. The molecule has 1 aromatic heterocycles. The first kappa shape index (κ1) is 43.1. The fourth-order valence-electron chi connectivity index (χ4n) is 11.5. The summed E-state index contributed by atoms with van der Waals surface area (Å²) in [6.45, 7) is 0. The van der Waals surface area contributed by atoms with Gasteiger partial charge in [-0.05, 0) is 149 Å². The highest BCUT2D eigenvalue weighted by Gasteiger charge is 2.21. The Morgan fingerprint density at radius 3 is 1.47 bits per heavy atom. The third kappa shape index (κ3) is 7.43. The summed E-state index contributed by atoms with van der Waals surface area (Å²) in [4.78, 5) is 2.39. The van der Waals surface area contributed by atoms with Crippen molar-refractivity contribution < 1.29 is 0 Å². The molecular weight excluding hydrogens is 893 g/mol. The molecular formula is C72H48N2. The Hall–Kier alpha value is -9.76. The van der Waals surface area contributed by atoms with Crippen LogP contribution in [0.1, 0.15) is 0 Å². The van der Waals surface area contributed by atoms with E-state index in [9.17, 15) is 0 Å². The molecule has 13 aromatic carbocycles. The number of para-hydroxylation sites is 3. The lowest BCUT2D eigenvalue weighted by Gasteiger charge is -2.26. The van der Waals surface area contributed by atoms with Crippen LogP contribution in [0, 0.1) is 0 Å². The Bertz CT molecular complexity index is 4380. The Kier molecular flexibility index (Phi) is 10.6. The van der Waals surface area contributed by atoms with Gasteiger partial charge in [0.25, 0.3) is 0 Å². The van der Waals surface area contributed by atoms with Gasteiger partial charge in [0.15, 0.2) is 0 Å². The highest BCUT2D eigenvalue weighted by Crippen LogP contribution is 2.47. The number of nitrogens with zero attached hydrogens (tertiary/aromatic N) is 2. The molecule has 0 atom stereocenters. The number of aromatic nitrogens is 1. The third-order valence-corrected chi connectivity index (χ3v) is 14.9. The van der Waals surface area contributed by atoms with Crippen LogP contribution in [0.4, 0.5) is 17.1 Å². The lowest BCUT2D eigenvalue weighted by molar-refractivity contribution is 1.18. The van der Waals surface area contributed by atoms with Gasteiger partial charge in [0, 0.05) is 39.1 Å². The molecule has 0 spiro atoms. The Labute approximate surface area is 430 Å². The second-order valence-electron chi connectivity index (χ2n) is 19.2. The zero-order valence-corrected chi connectivity index (χ0v) is 40.6. The summed E-state index contributed by atoms with van der Waals surface area (Å²) in [5, 5.41) is 9.96. The van der Waals surface area contributed by atoms with E-state index < -0.39 is 0 Å². The molecule has 0 aliphatic heterocycles. The van der Waals surface area contributed by atoms with E-state index in [-0.39, 0.29) is 0 Å². The summed E-state index contributed by atoms with van der Waals surface area (Å²) in [5.41, 5.74) is 18.8. The van der Waals surface area contributed by atoms with E-state index in [1.54, 1.807) is 0 Å². The fraction of sp³-hybridized carbons (Fsp3) is 0. The van der Waals surface area contributed by atoms with Crippen molar-refractivity contribution >= 4 is 71.2 Å². The summed E-state index contributed by atoms with van der Waals surface area (Å²) >= 11 is 0. The molecule has 2 heteroatoms. The molecule has 74 heavy (non-hydrogen) atoms. The highest BCUT2D eigenvalue weighted by molar-refractivity contribution is 6.22. The Morgan fingerprint density at radius 2 is 0.743 bits per heavy atom. The number of benzene rings is 13. The minimum Gasteiger partial charge on any atom is -0.310 e. The summed E-state index contributed by atoms with van der Waals surface area (Å²) < 4.78 is 2.42. The molecule has 0 unspecified atom stereocenters. The van der Waals surface area contributed by atoms with Gasteiger partial charge in [0.1, 0.15) is 0 Å². The van der Waals surface area contributed by atoms with Gasteiger partial charge < -0.3 is 9.47 Å². The van der Waals surface area contributed by atoms with Crippen molar-refractivity contribution in [2.45, 2.75) is 0 Å². The van der Waals surface area contributed by atoms with Gasteiger partial charge in [0.2, 0.25) is 0 Å². The minimum atomic E-state index is 1.08. The van der Waals surface area contributed by atoms with E-state index in [0.717, 1.165) is 33.9 Å². The maximum atomic E-state index is 2.42. The van der Waals surface area contributed by atoms with E-state index in [2.05, 4.69) is 301 Å². The van der Waals surface area contributed by atoms with E-state index in [1.807, 2.05) is 0 Å². The molecule has 0 N–H and O–H groups in total. The SMILES string of the molecule is c1ccc(-c2c(-c3ccccc3)c3cc(-c4ccc(N(c5ccc(-c6cccc7c8ccccc8n(-c8ccccc8)c67)cc5)c5cccc(-c6ccc7ccccc7c6)c5)cc4)ccc3c3ccccc23)cc1. The smallest absolute Gasteiger partial charge is 0.0619 e. The standard InChI is InChI=1S/C72H48N2/c1-4-19-52(20-5-1)70-66-30-13-12-28-63(66)64-45-40-57(48-68(64)71(70)53-21-6-2-7-22-53)50-36-41-59(42-37-50)73(61-27-16-24-55(47-61)56-35-34-49-18-10-11-23-54(49)46-56)60-43-38-51(39-44-60)62-31-17-32-67-65-29-14-15-33-69(65)74(72(62)67)58-25-8-3-9-26-58/h1-48H. The molecule has 0 amide bonds. The monoisotopic (exact) mass is 940 g/mol. The zero-order valence-electron chi connectivity index (χ0n) is 40.6. The number of hydrogen-bond acceptors (Lipinski definition) is 1. The molecule has 14 aromatic rings. The summed E-state index contributed by atoms with van der Waals surface area (Å²) in [5.74, 6) is 0. The van der Waals surface area contributed by atoms with Crippen LogP contribution in [-0.2, 0) is 0 Å². The Morgan fingerprint density at radius 1 is 0.243 bits per heavy atom. The first-order valence-electron chi connectivity index (χ1n) is 25.5. The Balaban J connectivity index is 0.905. The molecule has 0 bridgehead atoms. The largest absolute Gasteiger partial charge is 0.310 e. The number of hydrogen-bond donors (Lipinski definition) is 0. The summed E-state index contributed by atoms with van der Waals surface area (Å²) in [6.07, 6.45) is 0. The van der Waals surface area contributed by atoms with Gasteiger partial charge in [-0.2, -0.15) is 0 Å². The van der Waals surface area contributed by atoms with Crippen molar-refractivity contribution in [3.05, 3.63) is 291 Å².